The van der Waals surface area contributed by atoms with Gasteiger partial charge in [0.25, 0.3) is 0 Å². The van der Waals surface area contributed by atoms with Gasteiger partial charge in [-0.05, 0) is 62.4 Å². The highest BCUT2D eigenvalue weighted by Crippen LogP contribution is 2.28. The Bertz CT molecular complexity index is 961. The Morgan fingerprint density at radius 2 is 1.42 bits per heavy atom. The molecule has 0 atom stereocenters. The van der Waals surface area contributed by atoms with Crippen LogP contribution in [0.1, 0.15) is 31.2 Å². The van der Waals surface area contributed by atoms with Crippen molar-refractivity contribution < 1.29 is 4.79 Å². The van der Waals surface area contributed by atoms with Crippen LogP contribution in [0, 0.1) is 12.8 Å². The molecule has 0 radical (unpaired) electrons. The molecule has 0 spiro atoms. The highest BCUT2D eigenvalue weighted by atomic mass is 35.5. The zero-order valence-electron chi connectivity index (χ0n) is 19.4. The molecule has 0 N–H and O–H groups in total. The average Bonchev–Trinajstić information content (AvgIpc) is 3.41. The zero-order valence-corrected chi connectivity index (χ0v) is 20.2. The molecule has 0 bridgehead atoms. The Hall–Kier alpha value is -2.54. The molecule has 1 aromatic carbocycles. The normalized spacial score (nSPS) is 19.9. The van der Waals surface area contributed by atoms with Crippen LogP contribution in [0.25, 0.3) is 0 Å². The van der Waals surface area contributed by atoms with Crippen LogP contribution in [0.4, 0.5) is 17.3 Å². The third-order valence-corrected chi connectivity index (χ3v) is 7.57. The Morgan fingerprint density at radius 3 is 2.03 bits per heavy atom. The summed E-state index contributed by atoms with van der Waals surface area (Å²) in [6, 6.07) is 10.2. The number of anilines is 3. The van der Waals surface area contributed by atoms with E-state index in [-0.39, 0.29) is 5.92 Å². The minimum atomic E-state index is 0.109. The summed E-state index contributed by atoms with van der Waals surface area (Å²) in [5.74, 6) is 2.33. The van der Waals surface area contributed by atoms with Gasteiger partial charge in [-0.25, -0.2) is 0 Å². The van der Waals surface area contributed by atoms with Crippen LogP contribution in [-0.4, -0.2) is 73.4 Å². The van der Waals surface area contributed by atoms with E-state index < -0.39 is 0 Å². The van der Waals surface area contributed by atoms with Crippen molar-refractivity contribution in [3.8, 4) is 0 Å². The summed E-state index contributed by atoms with van der Waals surface area (Å²) in [6.07, 6.45) is 4.23. The largest absolute Gasteiger partial charge is 0.368 e. The van der Waals surface area contributed by atoms with Crippen molar-refractivity contribution in [1.82, 2.24) is 15.1 Å². The minimum Gasteiger partial charge on any atom is -0.368 e. The lowest BCUT2D eigenvalue weighted by atomic mass is 9.95. The molecule has 3 aliphatic rings. The predicted molar refractivity (Wildman–Crippen MR) is 133 cm³/mol. The van der Waals surface area contributed by atoms with Crippen LogP contribution in [0.2, 0.25) is 5.02 Å². The van der Waals surface area contributed by atoms with Crippen molar-refractivity contribution in [2.24, 2.45) is 5.92 Å². The fourth-order valence-electron chi connectivity index (χ4n) is 5.31. The maximum Gasteiger partial charge on any atom is 0.225 e. The van der Waals surface area contributed by atoms with Crippen molar-refractivity contribution in [2.75, 3.05) is 67.1 Å². The van der Waals surface area contributed by atoms with Gasteiger partial charge in [0.1, 0.15) is 0 Å². The fraction of sp³-hybridized carbons (Fsp3) is 0.560. The van der Waals surface area contributed by atoms with Crippen molar-refractivity contribution >= 4 is 34.8 Å². The number of hydrogen-bond acceptors (Lipinski definition) is 6. The average molecular weight is 469 g/mol. The Labute approximate surface area is 201 Å². The third-order valence-electron chi connectivity index (χ3n) is 7.34. The van der Waals surface area contributed by atoms with E-state index in [2.05, 4.69) is 54.9 Å². The number of carbonyl (C=O) groups excluding carboxylic acids is 1. The molecule has 3 fully saturated rings. The van der Waals surface area contributed by atoms with E-state index in [1.807, 2.05) is 12.1 Å². The van der Waals surface area contributed by atoms with Gasteiger partial charge >= 0.3 is 0 Å². The second-order valence-corrected chi connectivity index (χ2v) is 9.88. The van der Waals surface area contributed by atoms with E-state index in [1.165, 1.54) is 24.1 Å². The lowest BCUT2D eigenvalue weighted by Gasteiger charge is -2.40. The Morgan fingerprint density at radius 1 is 0.818 bits per heavy atom. The molecule has 0 unspecified atom stereocenters. The number of benzene rings is 1. The number of hydrogen-bond donors (Lipinski definition) is 0. The molecule has 33 heavy (non-hydrogen) atoms. The maximum atomic E-state index is 13.2. The van der Waals surface area contributed by atoms with Gasteiger partial charge in [-0.3, -0.25) is 4.79 Å². The number of piperidine rings is 1. The molecule has 5 rings (SSSR count). The molecule has 3 saturated heterocycles. The molecule has 8 heteroatoms. The summed E-state index contributed by atoms with van der Waals surface area (Å²) < 4.78 is 0. The van der Waals surface area contributed by atoms with E-state index in [4.69, 9.17) is 11.6 Å². The van der Waals surface area contributed by atoms with Gasteiger partial charge in [0.2, 0.25) is 5.91 Å². The number of piperazine rings is 1. The van der Waals surface area contributed by atoms with Crippen LogP contribution >= 0.6 is 11.6 Å². The molecule has 3 aliphatic heterocycles. The van der Waals surface area contributed by atoms with E-state index in [1.54, 1.807) is 0 Å². The van der Waals surface area contributed by atoms with Crippen molar-refractivity contribution in [2.45, 2.75) is 32.6 Å². The molecular weight excluding hydrogens is 436 g/mol. The number of rotatable bonds is 4. The monoisotopic (exact) mass is 468 g/mol. The second kappa shape index (κ2) is 9.75. The van der Waals surface area contributed by atoms with E-state index >= 15 is 0 Å². The number of nitrogens with zero attached hydrogens (tertiary/aromatic N) is 6. The first kappa shape index (κ1) is 22.3. The summed E-state index contributed by atoms with van der Waals surface area (Å²) in [4.78, 5) is 22.2. The quantitative estimate of drug-likeness (QED) is 0.683. The van der Waals surface area contributed by atoms with Gasteiger partial charge in [0.15, 0.2) is 11.6 Å². The van der Waals surface area contributed by atoms with Gasteiger partial charge in [-0.2, -0.15) is 0 Å². The highest BCUT2D eigenvalue weighted by molar-refractivity contribution is 6.30. The predicted octanol–water partition coefficient (Wildman–Crippen LogP) is 3.60. The van der Waals surface area contributed by atoms with Crippen molar-refractivity contribution in [3.63, 3.8) is 0 Å². The number of amides is 1. The third kappa shape index (κ3) is 4.88. The topological polar surface area (TPSA) is 55.8 Å². The van der Waals surface area contributed by atoms with Gasteiger partial charge in [0, 0.05) is 69.0 Å². The minimum absolute atomic E-state index is 0.109. The number of halogens is 1. The van der Waals surface area contributed by atoms with Crippen LogP contribution < -0.4 is 14.7 Å². The number of aryl methyl sites for hydroxylation is 1. The highest BCUT2D eigenvalue weighted by Gasteiger charge is 2.31. The lowest BCUT2D eigenvalue weighted by Crippen LogP contribution is -2.52. The summed E-state index contributed by atoms with van der Waals surface area (Å²) in [5, 5.41) is 9.69. The molecular formula is C25H33ClN6O. The van der Waals surface area contributed by atoms with Gasteiger partial charge < -0.3 is 19.6 Å². The molecule has 1 amide bonds. The summed E-state index contributed by atoms with van der Waals surface area (Å²) in [5.41, 5.74) is 2.41. The maximum absolute atomic E-state index is 13.2. The molecule has 2 aromatic rings. The Balaban J connectivity index is 1.12. The molecule has 1 aromatic heterocycles. The molecule has 4 heterocycles. The van der Waals surface area contributed by atoms with Gasteiger partial charge in [-0.1, -0.05) is 17.7 Å². The molecule has 0 aliphatic carbocycles. The summed E-state index contributed by atoms with van der Waals surface area (Å²) in [6.45, 7) is 9.23. The first-order chi connectivity index (χ1) is 16.1. The van der Waals surface area contributed by atoms with Crippen LogP contribution in [0.15, 0.2) is 30.3 Å². The van der Waals surface area contributed by atoms with Crippen LogP contribution in [-0.2, 0) is 4.79 Å². The van der Waals surface area contributed by atoms with E-state index in [0.29, 0.717) is 5.91 Å². The van der Waals surface area contributed by atoms with E-state index in [9.17, 15) is 4.79 Å². The van der Waals surface area contributed by atoms with Crippen LogP contribution in [0.3, 0.4) is 0 Å². The first-order valence-corrected chi connectivity index (χ1v) is 12.6. The summed E-state index contributed by atoms with van der Waals surface area (Å²) >= 11 is 6.20. The summed E-state index contributed by atoms with van der Waals surface area (Å²) in [7, 11) is 0. The SMILES string of the molecule is Cc1ccc(Cl)cc1N1CCN(C(=O)C2CCN(c3ccc(N4CCCC4)nn3)CC2)CC1. The zero-order chi connectivity index (χ0) is 22.8. The van der Waals surface area contributed by atoms with Crippen molar-refractivity contribution in [1.29, 1.82) is 0 Å². The van der Waals surface area contributed by atoms with Crippen LogP contribution in [0.5, 0.6) is 0 Å². The van der Waals surface area contributed by atoms with E-state index in [0.717, 1.165) is 81.9 Å². The Kier molecular flexibility index (Phi) is 6.58. The standard InChI is InChI=1S/C25H33ClN6O/c1-19-4-5-21(26)18-22(19)29-14-16-32(17-15-29)25(33)20-8-12-31(13-9-20)24-7-6-23(27-28-24)30-10-2-3-11-30/h4-7,18,20H,2-3,8-17H2,1H3. The number of carbonyl (C=O) groups is 1. The smallest absolute Gasteiger partial charge is 0.225 e. The van der Waals surface area contributed by atoms with Gasteiger partial charge in [-0.15, -0.1) is 10.2 Å². The fourth-order valence-corrected chi connectivity index (χ4v) is 5.47. The first-order valence-electron chi connectivity index (χ1n) is 12.2. The van der Waals surface area contributed by atoms with Crippen molar-refractivity contribution in [3.05, 3.63) is 40.9 Å². The molecule has 176 valence electrons. The molecule has 7 nitrogen and oxygen atoms in total. The van der Waals surface area contributed by atoms with Gasteiger partial charge in [0.05, 0.1) is 0 Å². The lowest BCUT2D eigenvalue weighted by molar-refractivity contribution is -0.136. The second-order valence-electron chi connectivity index (χ2n) is 9.45. The molecule has 0 saturated carbocycles. The number of aromatic nitrogens is 2.